The topological polar surface area (TPSA) is 59.2 Å². The van der Waals surface area contributed by atoms with Gasteiger partial charge in [-0.15, -0.1) is 0 Å². The van der Waals surface area contributed by atoms with Crippen molar-refractivity contribution in [3.63, 3.8) is 0 Å². The van der Waals surface area contributed by atoms with E-state index in [0.717, 1.165) is 42.1 Å². The lowest BCUT2D eigenvalue weighted by Crippen LogP contribution is -2.27. The second-order valence-electron chi connectivity index (χ2n) is 10.2. The van der Waals surface area contributed by atoms with Gasteiger partial charge in [0.25, 0.3) is 0 Å². The van der Waals surface area contributed by atoms with Crippen LogP contribution in [0, 0.1) is 17.8 Å². The fraction of sp³-hybridized carbons (Fsp3) is 0.517. The predicted octanol–water partition coefficient (Wildman–Crippen LogP) is 7.86. The van der Waals surface area contributed by atoms with Crippen LogP contribution in [0.4, 0.5) is 0 Å². The van der Waals surface area contributed by atoms with Crippen LogP contribution in [0.15, 0.2) is 52.3 Å². The van der Waals surface area contributed by atoms with Gasteiger partial charge in [-0.25, -0.2) is 0 Å². The summed E-state index contributed by atoms with van der Waals surface area (Å²) in [5, 5.41) is 0. The number of nitrogens with one attached hydrogen (secondary N) is 1. The highest BCUT2D eigenvalue weighted by molar-refractivity contribution is 9.10. The van der Waals surface area contributed by atoms with Crippen LogP contribution < -0.4 is 0 Å². The second-order valence-corrected chi connectivity index (χ2v) is 11.1. The standard InChI is InChI=1S/C29H36BrNO3/c1-18(2)23-8-5-4-6-9-25(23)29(33)26-16-21(17-31-26)28(32)27-19(3)34-15-7-10-24(27)20-11-13-22(30)14-12-20/h11-14,16-18,23-25,31H,4-10,15H2,1-3H3/t23?,24?,25-/m1/s1. The quantitative estimate of drug-likeness (QED) is 0.308. The number of halogens is 1. The summed E-state index contributed by atoms with van der Waals surface area (Å²) >= 11 is 3.50. The molecule has 0 bridgehead atoms. The van der Waals surface area contributed by atoms with E-state index in [4.69, 9.17) is 4.74 Å². The molecule has 0 spiro atoms. The number of hydrogen-bond donors (Lipinski definition) is 1. The van der Waals surface area contributed by atoms with Crippen LogP contribution in [0.25, 0.3) is 0 Å². The number of hydrogen-bond acceptors (Lipinski definition) is 3. The summed E-state index contributed by atoms with van der Waals surface area (Å²) < 4.78 is 6.93. The third-order valence-corrected chi connectivity index (χ3v) is 8.20. The molecule has 0 radical (unpaired) electrons. The number of H-pyrrole nitrogens is 1. The number of carbonyl (C=O) groups is 2. The third kappa shape index (κ3) is 5.40. The van der Waals surface area contributed by atoms with Crippen LogP contribution in [-0.2, 0) is 4.74 Å². The number of carbonyl (C=O) groups excluding carboxylic acids is 2. The molecule has 1 aromatic heterocycles. The van der Waals surface area contributed by atoms with E-state index in [-0.39, 0.29) is 23.4 Å². The van der Waals surface area contributed by atoms with Crippen LogP contribution >= 0.6 is 15.9 Å². The van der Waals surface area contributed by atoms with Gasteiger partial charge in [-0.2, -0.15) is 0 Å². The van der Waals surface area contributed by atoms with Crippen molar-refractivity contribution in [2.45, 2.75) is 71.6 Å². The van der Waals surface area contributed by atoms with Gasteiger partial charge in [-0.05, 0) is 68.2 Å². The first kappa shape index (κ1) is 25.0. The molecule has 1 saturated carbocycles. The molecule has 4 nitrogen and oxygen atoms in total. The Kier molecular flexibility index (Phi) is 8.13. The maximum Gasteiger partial charge on any atom is 0.194 e. The van der Waals surface area contributed by atoms with E-state index in [1.807, 2.05) is 19.1 Å². The number of rotatable bonds is 6. The molecule has 1 fully saturated rings. The zero-order chi connectivity index (χ0) is 24.2. The Hall–Kier alpha value is -2.14. The van der Waals surface area contributed by atoms with E-state index in [1.54, 1.807) is 12.3 Å². The lowest BCUT2D eigenvalue weighted by atomic mass is 9.77. The molecule has 5 heteroatoms. The molecule has 182 valence electrons. The maximum absolute atomic E-state index is 13.8. The lowest BCUT2D eigenvalue weighted by Gasteiger charge is -2.27. The number of aromatic nitrogens is 1. The molecule has 0 amide bonds. The Morgan fingerprint density at radius 2 is 1.76 bits per heavy atom. The van der Waals surface area contributed by atoms with Gasteiger partial charge in [-0.1, -0.05) is 61.2 Å². The Morgan fingerprint density at radius 1 is 1.03 bits per heavy atom. The zero-order valence-electron chi connectivity index (χ0n) is 20.5. The summed E-state index contributed by atoms with van der Waals surface area (Å²) in [6.07, 6.45) is 9.01. The van der Waals surface area contributed by atoms with Gasteiger partial charge in [0.05, 0.1) is 12.3 Å². The molecule has 2 aliphatic rings. The van der Waals surface area contributed by atoms with E-state index in [9.17, 15) is 9.59 Å². The van der Waals surface area contributed by atoms with Crippen LogP contribution in [0.5, 0.6) is 0 Å². The molecule has 2 heterocycles. The molecule has 0 saturated heterocycles. The molecule has 1 aromatic carbocycles. The molecule has 34 heavy (non-hydrogen) atoms. The molecule has 1 N–H and O–H groups in total. The Balaban J connectivity index is 1.62. The minimum Gasteiger partial charge on any atom is -0.498 e. The van der Waals surface area contributed by atoms with Gasteiger partial charge >= 0.3 is 0 Å². The summed E-state index contributed by atoms with van der Waals surface area (Å²) in [5.41, 5.74) is 2.92. The average Bonchev–Trinajstić information content (AvgIpc) is 3.06. The van der Waals surface area contributed by atoms with Crippen molar-refractivity contribution in [2.75, 3.05) is 6.61 Å². The van der Waals surface area contributed by atoms with E-state index in [2.05, 4.69) is 46.9 Å². The number of aromatic amines is 1. The summed E-state index contributed by atoms with van der Waals surface area (Å²) in [4.78, 5) is 30.5. The predicted molar refractivity (Wildman–Crippen MR) is 139 cm³/mol. The minimum absolute atomic E-state index is 0.0238. The van der Waals surface area contributed by atoms with Crippen molar-refractivity contribution >= 4 is 27.5 Å². The molecule has 4 rings (SSSR count). The fourth-order valence-corrected chi connectivity index (χ4v) is 6.07. The van der Waals surface area contributed by atoms with Crippen molar-refractivity contribution in [3.8, 4) is 0 Å². The van der Waals surface area contributed by atoms with Crippen LogP contribution in [0.3, 0.4) is 0 Å². The first-order valence-corrected chi connectivity index (χ1v) is 13.5. The van der Waals surface area contributed by atoms with Gasteiger partial charge in [0.1, 0.15) is 5.76 Å². The van der Waals surface area contributed by atoms with Crippen molar-refractivity contribution < 1.29 is 14.3 Å². The zero-order valence-corrected chi connectivity index (χ0v) is 22.1. The summed E-state index contributed by atoms with van der Waals surface area (Å²) in [6, 6.07) is 9.96. The molecule has 2 unspecified atom stereocenters. The fourth-order valence-electron chi connectivity index (χ4n) is 5.81. The minimum atomic E-state index is -0.0519. The first-order valence-electron chi connectivity index (χ1n) is 12.7. The lowest BCUT2D eigenvalue weighted by molar-refractivity contribution is 0.0826. The van der Waals surface area contributed by atoms with E-state index < -0.39 is 0 Å². The van der Waals surface area contributed by atoms with E-state index in [1.165, 1.54) is 12.8 Å². The van der Waals surface area contributed by atoms with E-state index >= 15 is 0 Å². The van der Waals surface area contributed by atoms with Crippen molar-refractivity contribution in [2.24, 2.45) is 17.8 Å². The molecule has 1 aliphatic heterocycles. The number of allylic oxidation sites excluding steroid dienone is 2. The van der Waals surface area contributed by atoms with Gasteiger partial charge in [-0.3, -0.25) is 9.59 Å². The molecule has 2 aromatic rings. The Morgan fingerprint density at radius 3 is 2.50 bits per heavy atom. The van der Waals surface area contributed by atoms with Gasteiger partial charge in [0.15, 0.2) is 11.6 Å². The Labute approximate surface area is 211 Å². The maximum atomic E-state index is 13.8. The van der Waals surface area contributed by atoms with E-state index in [0.29, 0.717) is 41.0 Å². The van der Waals surface area contributed by atoms with Crippen molar-refractivity contribution in [3.05, 3.63) is 69.2 Å². The number of Topliss-reactive ketones (excluding diaryl/α,β-unsaturated/α-hetero) is 2. The molecular formula is C29H36BrNO3. The monoisotopic (exact) mass is 525 g/mol. The van der Waals surface area contributed by atoms with Gasteiger partial charge in [0, 0.05) is 33.6 Å². The van der Waals surface area contributed by atoms with Crippen LogP contribution in [0.2, 0.25) is 0 Å². The SMILES string of the molecule is CC1=C(C(=O)c2c[nH]c(C(=O)[C@@H]3CCCCCC3C(C)C)c2)C(c2ccc(Br)cc2)CCCO1. The summed E-state index contributed by atoms with van der Waals surface area (Å²) in [5.74, 6) is 1.68. The number of ether oxygens (including phenoxy) is 1. The number of ketones is 2. The number of benzene rings is 1. The van der Waals surface area contributed by atoms with Gasteiger partial charge in [0.2, 0.25) is 0 Å². The average molecular weight is 527 g/mol. The van der Waals surface area contributed by atoms with Crippen molar-refractivity contribution in [1.82, 2.24) is 4.98 Å². The summed E-state index contributed by atoms with van der Waals surface area (Å²) in [7, 11) is 0. The van der Waals surface area contributed by atoms with Crippen LogP contribution in [-0.4, -0.2) is 23.2 Å². The highest BCUT2D eigenvalue weighted by Crippen LogP contribution is 2.38. The Bertz CT molecular complexity index is 1050. The molecule has 3 atom stereocenters. The normalized spacial score (nSPS) is 23.9. The smallest absolute Gasteiger partial charge is 0.194 e. The first-order chi connectivity index (χ1) is 16.4. The van der Waals surface area contributed by atoms with Crippen molar-refractivity contribution in [1.29, 1.82) is 0 Å². The third-order valence-electron chi connectivity index (χ3n) is 7.67. The highest BCUT2D eigenvalue weighted by atomic mass is 79.9. The van der Waals surface area contributed by atoms with Gasteiger partial charge < -0.3 is 9.72 Å². The van der Waals surface area contributed by atoms with Crippen LogP contribution in [0.1, 0.15) is 98.0 Å². The highest BCUT2D eigenvalue weighted by Gasteiger charge is 2.34. The second kappa shape index (κ2) is 11.1. The summed E-state index contributed by atoms with van der Waals surface area (Å²) in [6.45, 7) is 6.96. The molecule has 1 aliphatic carbocycles. The largest absolute Gasteiger partial charge is 0.498 e. The molecular weight excluding hydrogens is 490 g/mol.